The number of hydrogen-bond donors (Lipinski definition) is 0. The quantitative estimate of drug-likeness (QED) is 0.556. The van der Waals surface area contributed by atoms with E-state index in [1.54, 1.807) is 6.92 Å². The van der Waals surface area contributed by atoms with E-state index in [-0.39, 0.29) is 5.91 Å². The number of amides is 1. The molecule has 0 N–H and O–H groups in total. The number of piperidine rings is 1. The number of rotatable bonds is 5. The predicted molar refractivity (Wildman–Crippen MR) is 139 cm³/mol. The number of fused-ring (bicyclic) bond motifs is 1. The van der Waals surface area contributed by atoms with Crippen LogP contribution in [-0.2, 0) is 17.8 Å². The first-order chi connectivity index (χ1) is 16.7. The molecule has 3 aromatic rings. The monoisotopic (exact) mass is 456 g/mol. The van der Waals surface area contributed by atoms with Crippen molar-refractivity contribution in [1.82, 2.24) is 14.8 Å². The lowest BCUT2D eigenvalue weighted by Gasteiger charge is -2.32. The summed E-state index contributed by atoms with van der Waals surface area (Å²) in [5, 5.41) is 2.46. The Labute approximate surface area is 203 Å². The number of pyridine rings is 1. The Morgan fingerprint density at radius 2 is 1.68 bits per heavy atom. The third-order valence-corrected chi connectivity index (χ3v) is 7.47. The van der Waals surface area contributed by atoms with Crippen LogP contribution in [0.2, 0.25) is 0 Å². The molecule has 178 valence electrons. The zero-order valence-electron chi connectivity index (χ0n) is 20.3. The van der Waals surface area contributed by atoms with Crippen LogP contribution >= 0.6 is 0 Å². The lowest BCUT2D eigenvalue weighted by molar-refractivity contribution is -0.129. The van der Waals surface area contributed by atoms with Gasteiger partial charge in [-0.2, -0.15) is 0 Å². The van der Waals surface area contributed by atoms with Crippen LogP contribution in [0.5, 0.6) is 0 Å². The molecule has 0 saturated carbocycles. The van der Waals surface area contributed by atoms with Crippen LogP contribution in [0.3, 0.4) is 0 Å². The predicted octanol–water partition coefficient (Wildman–Crippen LogP) is 4.75. The molecule has 2 aliphatic heterocycles. The molecule has 0 spiro atoms. The van der Waals surface area contributed by atoms with Crippen LogP contribution in [0, 0.1) is 5.92 Å². The van der Waals surface area contributed by atoms with E-state index in [9.17, 15) is 4.79 Å². The lowest BCUT2D eigenvalue weighted by Crippen LogP contribution is -2.34. The second kappa shape index (κ2) is 10.6. The molecule has 1 atom stereocenters. The molecule has 34 heavy (non-hydrogen) atoms. The van der Waals surface area contributed by atoms with Crippen molar-refractivity contribution in [2.75, 3.05) is 44.2 Å². The summed E-state index contributed by atoms with van der Waals surface area (Å²) < 4.78 is 0. The average molecular weight is 457 g/mol. The zero-order valence-corrected chi connectivity index (χ0v) is 20.3. The van der Waals surface area contributed by atoms with Crippen LogP contribution in [0.4, 0.5) is 5.69 Å². The van der Waals surface area contributed by atoms with E-state index in [0.29, 0.717) is 5.92 Å². The summed E-state index contributed by atoms with van der Waals surface area (Å²) in [6.45, 7) is 8.46. The molecular weight excluding hydrogens is 420 g/mol. The first-order valence-electron chi connectivity index (χ1n) is 12.8. The van der Waals surface area contributed by atoms with Gasteiger partial charge >= 0.3 is 0 Å². The number of carbonyl (C=O) groups excluding carboxylic acids is 1. The highest BCUT2D eigenvalue weighted by molar-refractivity contribution is 5.84. The van der Waals surface area contributed by atoms with Gasteiger partial charge in [0.05, 0.1) is 0 Å². The SMILES string of the molecule is CC(=O)N1CCN(Cc2ccccc2N2CCCCC2)C[C@H](Cc2cncc3ccccc23)C1. The summed E-state index contributed by atoms with van der Waals surface area (Å²) in [5.74, 6) is 0.553. The summed E-state index contributed by atoms with van der Waals surface area (Å²) in [4.78, 5) is 24.1. The Bertz CT molecular complexity index is 1120. The average Bonchev–Trinajstić information content (AvgIpc) is 3.07. The third-order valence-electron chi connectivity index (χ3n) is 7.47. The number of benzene rings is 2. The lowest BCUT2D eigenvalue weighted by atomic mass is 9.95. The van der Waals surface area contributed by atoms with Gasteiger partial charge in [-0.05, 0) is 54.2 Å². The number of carbonyl (C=O) groups is 1. The van der Waals surface area contributed by atoms with Gasteiger partial charge in [0, 0.05) is 76.2 Å². The highest BCUT2D eigenvalue weighted by atomic mass is 16.2. The van der Waals surface area contributed by atoms with Crippen LogP contribution in [0.1, 0.15) is 37.3 Å². The van der Waals surface area contributed by atoms with Gasteiger partial charge in [-0.15, -0.1) is 0 Å². The summed E-state index contributed by atoms with van der Waals surface area (Å²) >= 11 is 0. The summed E-state index contributed by atoms with van der Waals surface area (Å²) in [5.41, 5.74) is 4.08. The van der Waals surface area contributed by atoms with Gasteiger partial charge in [0.15, 0.2) is 0 Å². The Balaban J connectivity index is 1.37. The molecule has 2 aliphatic rings. The largest absolute Gasteiger partial charge is 0.371 e. The van der Waals surface area contributed by atoms with Crippen LogP contribution < -0.4 is 4.90 Å². The Morgan fingerprint density at radius 1 is 0.882 bits per heavy atom. The standard InChI is InChI=1S/C29H36N4O/c1-23(34)33-16-15-31(22-26-10-4-6-12-29(26)32-13-7-2-8-14-32)20-24(21-33)17-27-19-30-18-25-9-3-5-11-28(25)27/h3-6,9-12,18-19,24H,2,7-8,13-17,20-22H2,1H3/t24-/m0/s1. The third kappa shape index (κ3) is 5.25. The van der Waals surface area contributed by atoms with Crippen molar-refractivity contribution >= 4 is 22.4 Å². The van der Waals surface area contributed by atoms with Crippen LogP contribution in [0.25, 0.3) is 10.8 Å². The molecule has 5 rings (SSSR count). The minimum Gasteiger partial charge on any atom is -0.371 e. The van der Waals surface area contributed by atoms with Crippen LogP contribution in [0.15, 0.2) is 60.9 Å². The number of para-hydroxylation sites is 1. The van der Waals surface area contributed by atoms with Gasteiger partial charge < -0.3 is 9.80 Å². The topological polar surface area (TPSA) is 39.7 Å². The Morgan fingerprint density at radius 3 is 2.53 bits per heavy atom. The molecular formula is C29H36N4O. The van der Waals surface area contributed by atoms with Gasteiger partial charge in [0.1, 0.15) is 0 Å². The first kappa shape index (κ1) is 22.9. The molecule has 1 amide bonds. The first-order valence-corrected chi connectivity index (χ1v) is 12.8. The second-order valence-electron chi connectivity index (χ2n) is 9.97. The minimum atomic E-state index is 0.177. The summed E-state index contributed by atoms with van der Waals surface area (Å²) in [7, 11) is 0. The summed E-state index contributed by atoms with van der Waals surface area (Å²) in [6, 6.07) is 17.4. The Hall–Kier alpha value is -2.92. The van der Waals surface area contributed by atoms with E-state index in [1.165, 1.54) is 46.8 Å². The van der Waals surface area contributed by atoms with E-state index in [4.69, 9.17) is 0 Å². The van der Waals surface area contributed by atoms with Crippen molar-refractivity contribution in [3.63, 3.8) is 0 Å². The molecule has 5 nitrogen and oxygen atoms in total. The van der Waals surface area contributed by atoms with E-state index in [2.05, 4.69) is 63.3 Å². The smallest absolute Gasteiger partial charge is 0.219 e. The number of anilines is 1. The van der Waals surface area contributed by atoms with E-state index < -0.39 is 0 Å². The minimum absolute atomic E-state index is 0.177. The van der Waals surface area contributed by atoms with Gasteiger partial charge in [0.2, 0.25) is 5.91 Å². The van der Waals surface area contributed by atoms with Crippen molar-refractivity contribution < 1.29 is 4.79 Å². The molecule has 3 heterocycles. The van der Waals surface area contributed by atoms with Gasteiger partial charge in [-0.25, -0.2) is 0 Å². The fourth-order valence-electron chi connectivity index (χ4n) is 5.72. The van der Waals surface area contributed by atoms with Crippen LogP contribution in [-0.4, -0.2) is 60.0 Å². The number of aromatic nitrogens is 1. The van der Waals surface area contributed by atoms with Gasteiger partial charge in [-0.3, -0.25) is 14.7 Å². The molecule has 0 aliphatic carbocycles. The molecule has 0 bridgehead atoms. The molecule has 2 saturated heterocycles. The normalized spacial score (nSPS) is 19.9. The van der Waals surface area contributed by atoms with Crippen molar-refractivity contribution in [3.8, 4) is 0 Å². The summed E-state index contributed by atoms with van der Waals surface area (Å²) in [6.07, 6.45) is 8.80. The fraction of sp³-hybridized carbons (Fsp3) is 0.448. The van der Waals surface area contributed by atoms with Crippen molar-refractivity contribution in [2.24, 2.45) is 5.92 Å². The van der Waals surface area contributed by atoms with Crippen molar-refractivity contribution in [3.05, 3.63) is 72.1 Å². The molecule has 5 heteroatoms. The molecule has 1 aromatic heterocycles. The highest BCUT2D eigenvalue weighted by Crippen LogP contribution is 2.27. The molecule has 0 unspecified atom stereocenters. The highest BCUT2D eigenvalue weighted by Gasteiger charge is 2.26. The molecule has 2 fully saturated rings. The molecule has 0 radical (unpaired) electrons. The van der Waals surface area contributed by atoms with E-state index in [1.807, 2.05) is 17.3 Å². The van der Waals surface area contributed by atoms with E-state index in [0.717, 1.165) is 52.2 Å². The van der Waals surface area contributed by atoms with Crippen molar-refractivity contribution in [1.29, 1.82) is 0 Å². The second-order valence-corrected chi connectivity index (χ2v) is 9.97. The Kier molecular flexibility index (Phi) is 7.10. The fourth-order valence-corrected chi connectivity index (χ4v) is 5.72. The number of hydrogen-bond acceptors (Lipinski definition) is 4. The van der Waals surface area contributed by atoms with Gasteiger partial charge in [-0.1, -0.05) is 42.5 Å². The van der Waals surface area contributed by atoms with E-state index >= 15 is 0 Å². The molecule has 2 aromatic carbocycles. The maximum Gasteiger partial charge on any atom is 0.219 e. The number of nitrogens with zero attached hydrogens (tertiary/aromatic N) is 4. The maximum atomic E-state index is 12.4. The zero-order chi connectivity index (χ0) is 23.3. The van der Waals surface area contributed by atoms with Crippen molar-refractivity contribution in [2.45, 2.75) is 39.2 Å². The maximum absolute atomic E-state index is 12.4. The van der Waals surface area contributed by atoms with Gasteiger partial charge in [0.25, 0.3) is 0 Å².